The van der Waals surface area contributed by atoms with Crippen molar-refractivity contribution in [1.29, 1.82) is 0 Å². The van der Waals surface area contributed by atoms with Gasteiger partial charge in [-0.25, -0.2) is 0 Å². The highest BCUT2D eigenvalue weighted by Crippen LogP contribution is 2.21. The van der Waals surface area contributed by atoms with E-state index in [-0.39, 0.29) is 0 Å². The molecule has 0 N–H and O–H groups in total. The molecule has 1 saturated heterocycles. The van der Waals surface area contributed by atoms with Gasteiger partial charge in [0.1, 0.15) is 5.76 Å². The molecule has 0 saturated carbocycles. The molecule has 0 bridgehead atoms. The third-order valence-electron chi connectivity index (χ3n) is 1.45. The van der Waals surface area contributed by atoms with Crippen LogP contribution in [0.3, 0.4) is 0 Å². The summed E-state index contributed by atoms with van der Waals surface area (Å²) in [4.78, 5) is 0. The Hall–Kier alpha value is -0.980. The van der Waals surface area contributed by atoms with Gasteiger partial charge in [0.25, 0.3) is 0 Å². The maximum absolute atomic E-state index is 5.28. The van der Waals surface area contributed by atoms with Gasteiger partial charge in [0.05, 0.1) is 6.61 Å². The third-order valence-corrected chi connectivity index (χ3v) is 1.45. The van der Waals surface area contributed by atoms with Crippen molar-refractivity contribution in [3.63, 3.8) is 0 Å². The third kappa shape index (κ3) is 3.42. The van der Waals surface area contributed by atoms with E-state index in [4.69, 9.17) is 4.74 Å². The highest BCUT2D eigenvalue weighted by atomic mass is 16.5. The van der Waals surface area contributed by atoms with Crippen LogP contribution < -0.4 is 0 Å². The summed E-state index contributed by atoms with van der Waals surface area (Å²) in [6.45, 7) is 10.6. The molecule has 1 aliphatic heterocycles. The molecule has 1 rings (SSSR count). The van der Waals surface area contributed by atoms with Crippen LogP contribution in [0.4, 0.5) is 0 Å². The first kappa shape index (κ1) is 11.0. The van der Waals surface area contributed by atoms with Crippen LogP contribution in [0.2, 0.25) is 0 Å². The number of ether oxygens (including phenoxy) is 1. The molecule has 1 nitrogen and oxygen atoms in total. The highest BCUT2D eigenvalue weighted by Gasteiger charge is 2.10. The Balaban J connectivity index is 0.000000561. The standard InChI is InChI=1S/C9H12O.C2H6/c1-3-4-5-9-8(2)6-7-10-9;1-2/h3-5H,2,6-7H2,1H3;1-2H3/b4-3-,9-5+;. The van der Waals surface area contributed by atoms with Gasteiger partial charge in [-0.3, -0.25) is 0 Å². The normalized spacial score (nSPS) is 19.2. The summed E-state index contributed by atoms with van der Waals surface area (Å²) in [5, 5.41) is 0. The Morgan fingerprint density at radius 3 is 2.50 bits per heavy atom. The largest absolute Gasteiger partial charge is 0.493 e. The monoisotopic (exact) mass is 166 g/mol. The van der Waals surface area contributed by atoms with E-state index < -0.39 is 0 Å². The summed E-state index contributed by atoms with van der Waals surface area (Å²) in [5.74, 6) is 0.943. The average molecular weight is 166 g/mol. The molecule has 1 heteroatoms. The van der Waals surface area contributed by atoms with Crippen molar-refractivity contribution in [1.82, 2.24) is 0 Å². The van der Waals surface area contributed by atoms with Crippen LogP contribution in [-0.2, 0) is 4.74 Å². The van der Waals surface area contributed by atoms with E-state index in [0.29, 0.717) is 0 Å². The average Bonchev–Trinajstić information content (AvgIpc) is 2.51. The van der Waals surface area contributed by atoms with Gasteiger partial charge < -0.3 is 4.74 Å². The van der Waals surface area contributed by atoms with Crippen LogP contribution in [0.25, 0.3) is 0 Å². The van der Waals surface area contributed by atoms with Crippen molar-refractivity contribution in [3.8, 4) is 0 Å². The molecule has 0 spiro atoms. The Kier molecular flexibility index (Phi) is 6.16. The first-order valence-corrected chi connectivity index (χ1v) is 4.48. The Labute approximate surface area is 75.4 Å². The first-order chi connectivity index (χ1) is 5.84. The minimum atomic E-state index is 0.794. The molecule has 0 unspecified atom stereocenters. The number of hydrogen-bond acceptors (Lipinski definition) is 1. The topological polar surface area (TPSA) is 9.23 Å². The molecule has 0 atom stereocenters. The van der Waals surface area contributed by atoms with Crippen LogP contribution in [0, 0.1) is 0 Å². The van der Waals surface area contributed by atoms with Crippen molar-refractivity contribution in [2.75, 3.05) is 6.61 Å². The number of rotatable bonds is 1. The van der Waals surface area contributed by atoms with Crippen LogP contribution in [-0.4, -0.2) is 6.61 Å². The minimum Gasteiger partial charge on any atom is -0.493 e. The number of hydrogen-bond donors (Lipinski definition) is 0. The first-order valence-electron chi connectivity index (χ1n) is 4.48. The Morgan fingerprint density at radius 1 is 1.42 bits per heavy atom. The number of allylic oxidation sites excluding steroid dienone is 4. The lowest BCUT2D eigenvalue weighted by Gasteiger charge is -1.94. The highest BCUT2D eigenvalue weighted by molar-refractivity contribution is 5.29. The minimum absolute atomic E-state index is 0.794. The molecule has 1 fully saturated rings. The summed E-state index contributed by atoms with van der Waals surface area (Å²) in [6, 6.07) is 0. The van der Waals surface area contributed by atoms with Gasteiger partial charge in [0, 0.05) is 6.42 Å². The van der Waals surface area contributed by atoms with Gasteiger partial charge in [0.2, 0.25) is 0 Å². The summed E-state index contributed by atoms with van der Waals surface area (Å²) in [6.07, 6.45) is 6.87. The van der Waals surface area contributed by atoms with Gasteiger partial charge in [0.15, 0.2) is 0 Å². The fourth-order valence-electron chi connectivity index (χ4n) is 0.859. The molecule has 0 amide bonds. The summed E-state index contributed by atoms with van der Waals surface area (Å²) >= 11 is 0. The zero-order valence-corrected chi connectivity index (χ0v) is 8.26. The Morgan fingerprint density at radius 2 is 2.08 bits per heavy atom. The van der Waals surface area contributed by atoms with E-state index in [2.05, 4.69) is 6.58 Å². The van der Waals surface area contributed by atoms with Crippen molar-refractivity contribution < 1.29 is 4.74 Å². The lowest BCUT2D eigenvalue weighted by Crippen LogP contribution is -1.77. The molecule has 12 heavy (non-hydrogen) atoms. The second-order valence-corrected chi connectivity index (χ2v) is 2.26. The molecule has 0 aromatic rings. The molecule has 1 aliphatic rings. The van der Waals surface area contributed by atoms with E-state index in [0.717, 1.165) is 24.4 Å². The fraction of sp³-hybridized carbons (Fsp3) is 0.455. The fourth-order valence-corrected chi connectivity index (χ4v) is 0.859. The van der Waals surface area contributed by atoms with Crippen LogP contribution in [0.1, 0.15) is 27.2 Å². The molecular formula is C11H18O. The molecular weight excluding hydrogens is 148 g/mol. The molecule has 0 aliphatic carbocycles. The van der Waals surface area contributed by atoms with Crippen molar-refractivity contribution in [2.24, 2.45) is 0 Å². The van der Waals surface area contributed by atoms with E-state index in [1.807, 2.05) is 39.0 Å². The molecule has 1 heterocycles. The van der Waals surface area contributed by atoms with E-state index in [1.165, 1.54) is 0 Å². The predicted octanol–water partition coefficient (Wildman–Crippen LogP) is 3.45. The second kappa shape index (κ2) is 6.71. The zero-order valence-electron chi connectivity index (χ0n) is 8.26. The molecule has 0 aromatic carbocycles. The summed E-state index contributed by atoms with van der Waals surface area (Å²) in [5.41, 5.74) is 1.11. The smallest absolute Gasteiger partial charge is 0.122 e. The van der Waals surface area contributed by atoms with Crippen LogP contribution in [0.15, 0.2) is 36.1 Å². The summed E-state index contributed by atoms with van der Waals surface area (Å²) < 4.78 is 5.28. The van der Waals surface area contributed by atoms with E-state index in [1.54, 1.807) is 0 Å². The maximum atomic E-state index is 5.28. The maximum Gasteiger partial charge on any atom is 0.122 e. The zero-order chi connectivity index (χ0) is 9.40. The van der Waals surface area contributed by atoms with Crippen molar-refractivity contribution in [2.45, 2.75) is 27.2 Å². The lowest BCUT2D eigenvalue weighted by atomic mass is 10.2. The van der Waals surface area contributed by atoms with Gasteiger partial charge >= 0.3 is 0 Å². The van der Waals surface area contributed by atoms with Crippen LogP contribution in [0.5, 0.6) is 0 Å². The van der Waals surface area contributed by atoms with Crippen molar-refractivity contribution in [3.05, 3.63) is 36.1 Å². The lowest BCUT2D eigenvalue weighted by molar-refractivity contribution is 0.266. The molecule has 0 radical (unpaired) electrons. The summed E-state index contributed by atoms with van der Waals surface area (Å²) in [7, 11) is 0. The van der Waals surface area contributed by atoms with E-state index in [9.17, 15) is 0 Å². The second-order valence-electron chi connectivity index (χ2n) is 2.26. The van der Waals surface area contributed by atoms with Gasteiger partial charge in [-0.15, -0.1) is 0 Å². The molecule has 68 valence electrons. The molecule has 0 aromatic heterocycles. The van der Waals surface area contributed by atoms with Crippen molar-refractivity contribution >= 4 is 0 Å². The van der Waals surface area contributed by atoms with Gasteiger partial charge in [-0.05, 0) is 18.6 Å². The van der Waals surface area contributed by atoms with Crippen LogP contribution >= 0.6 is 0 Å². The van der Waals surface area contributed by atoms with E-state index >= 15 is 0 Å². The van der Waals surface area contributed by atoms with Gasteiger partial charge in [-0.1, -0.05) is 32.6 Å². The Bertz CT molecular complexity index is 187. The quantitative estimate of drug-likeness (QED) is 0.579. The van der Waals surface area contributed by atoms with Gasteiger partial charge in [-0.2, -0.15) is 0 Å². The SMILES string of the molecule is C=C1CCO/C1=C/C=C\C.CC. The predicted molar refractivity (Wildman–Crippen MR) is 54.0 cm³/mol.